The number of carbonyl (C=O) groups is 2. The smallest absolute Gasteiger partial charge is 0.306 e. The fraction of sp³-hybridized carbons (Fsp3) is 0.875. The van der Waals surface area contributed by atoms with E-state index in [1.165, 1.54) is 0 Å². The van der Waals surface area contributed by atoms with Crippen LogP contribution >= 0.6 is 0 Å². The Labute approximate surface area is 121 Å². The van der Waals surface area contributed by atoms with Gasteiger partial charge in [0.05, 0.1) is 5.92 Å². The first-order valence-electron chi connectivity index (χ1n) is 7.80. The van der Waals surface area contributed by atoms with Gasteiger partial charge in [-0.25, -0.2) is 0 Å². The van der Waals surface area contributed by atoms with Gasteiger partial charge < -0.3 is 10.0 Å². The highest BCUT2D eigenvalue weighted by Crippen LogP contribution is 2.36. The highest BCUT2D eigenvalue weighted by Gasteiger charge is 2.37. The maximum absolute atomic E-state index is 12.5. The van der Waals surface area contributed by atoms with Crippen molar-refractivity contribution in [1.29, 1.82) is 0 Å². The molecule has 114 valence electrons. The Morgan fingerprint density at radius 1 is 1.00 bits per heavy atom. The number of carboxylic acid groups (broad SMARTS) is 1. The maximum Gasteiger partial charge on any atom is 0.306 e. The Morgan fingerprint density at radius 2 is 1.55 bits per heavy atom. The van der Waals surface area contributed by atoms with Gasteiger partial charge in [0.1, 0.15) is 0 Å². The number of likely N-dealkylation sites (tertiary alicyclic amines) is 1. The summed E-state index contributed by atoms with van der Waals surface area (Å²) in [7, 11) is 0. The summed E-state index contributed by atoms with van der Waals surface area (Å²) in [5.41, 5.74) is 0.316. The minimum atomic E-state index is -0.744. The van der Waals surface area contributed by atoms with Crippen LogP contribution in [0.3, 0.4) is 0 Å². The lowest BCUT2D eigenvalue weighted by Crippen LogP contribution is -2.43. The number of rotatable bonds is 2. The molecule has 1 saturated heterocycles. The van der Waals surface area contributed by atoms with Gasteiger partial charge in [0.15, 0.2) is 0 Å². The van der Waals surface area contributed by atoms with Crippen molar-refractivity contribution in [2.75, 3.05) is 13.1 Å². The normalized spacial score (nSPS) is 28.6. The second kappa shape index (κ2) is 5.74. The highest BCUT2D eigenvalue weighted by molar-refractivity contribution is 5.81. The van der Waals surface area contributed by atoms with E-state index >= 15 is 0 Å². The monoisotopic (exact) mass is 281 g/mol. The molecule has 0 radical (unpaired) electrons. The van der Waals surface area contributed by atoms with Crippen LogP contribution in [-0.4, -0.2) is 35.0 Å². The van der Waals surface area contributed by atoms with Crippen LogP contribution in [0.5, 0.6) is 0 Å². The average molecular weight is 281 g/mol. The quantitative estimate of drug-likeness (QED) is 0.846. The lowest BCUT2D eigenvalue weighted by molar-refractivity contribution is -0.142. The van der Waals surface area contributed by atoms with E-state index in [4.69, 9.17) is 5.11 Å². The predicted octanol–water partition coefficient (Wildman–Crippen LogP) is 2.77. The molecule has 4 nitrogen and oxygen atoms in total. The summed E-state index contributed by atoms with van der Waals surface area (Å²) in [4.78, 5) is 25.4. The molecule has 2 atom stereocenters. The van der Waals surface area contributed by atoms with Crippen molar-refractivity contribution >= 4 is 11.9 Å². The third-order valence-corrected chi connectivity index (χ3v) is 5.16. The predicted molar refractivity (Wildman–Crippen MR) is 77.2 cm³/mol. The number of hydrogen-bond acceptors (Lipinski definition) is 2. The van der Waals surface area contributed by atoms with Gasteiger partial charge in [-0.15, -0.1) is 0 Å². The molecule has 1 amide bonds. The van der Waals surface area contributed by atoms with E-state index in [0.717, 1.165) is 32.4 Å². The molecule has 1 aliphatic carbocycles. The summed E-state index contributed by atoms with van der Waals surface area (Å²) in [6, 6.07) is 0. The Balaban J connectivity index is 1.85. The summed E-state index contributed by atoms with van der Waals surface area (Å²) in [6.45, 7) is 8.49. The summed E-state index contributed by atoms with van der Waals surface area (Å²) < 4.78 is 0. The van der Waals surface area contributed by atoms with Crippen molar-refractivity contribution in [1.82, 2.24) is 4.90 Å². The van der Waals surface area contributed by atoms with E-state index in [9.17, 15) is 9.59 Å². The van der Waals surface area contributed by atoms with Crippen LogP contribution < -0.4 is 0 Å². The van der Waals surface area contributed by atoms with Gasteiger partial charge in [-0.2, -0.15) is 0 Å². The molecule has 0 aromatic rings. The number of piperidine rings is 1. The van der Waals surface area contributed by atoms with Crippen LogP contribution in [-0.2, 0) is 9.59 Å². The van der Waals surface area contributed by atoms with Crippen molar-refractivity contribution in [2.45, 2.75) is 52.9 Å². The SMILES string of the molecule is CC(C)(C)C1CCN(C(=O)[C@@H]2CC[C@H](C(=O)O)C2)CC1. The molecule has 1 heterocycles. The standard InChI is InChI=1S/C16H27NO3/c1-16(2,3)13-6-8-17(9-7-13)14(18)11-4-5-12(10-11)15(19)20/h11-13H,4-10H2,1-3H3,(H,19,20)/t11-,12+/m1/s1. The van der Waals surface area contributed by atoms with Crippen molar-refractivity contribution < 1.29 is 14.7 Å². The van der Waals surface area contributed by atoms with Gasteiger partial charge in [0.25, 0.3) is 0 Å². The van der Waals surface area contributed by atoms with Gasteiger partial charge in [0.2, 0.25) is 5.91 Å². The maximum atomic E-state index is 12.5. The van der Waals surface area contributed by atoms with Crippen LogP contribution in [0.1, 0.15) is 52.9 Å². The highest BCUT2D eigenvalue weighted by atomic mass is 16.4. The Kier molecular flexibility index (Phi) is 4.40. The zero-order valence-corrected chi connectivity index (χ0v) is 12.9. The average Bonchev–Trinajstić information content (AvgIpc) is 2.86. The van der Waals surface area contributed by atoms with Crippen molar-refractivity contribution in [3.8, 4) is 0 Å². The Hall–Kier alpha value is -1.06. The fourth-order valence-electron chi connectivity index (χ4n) is 3.65. The molecule has 0 aromatic heterocycles. The van der Waals surface area contributed by atoms with E-state index in [2.05, 4.69) is 20.8 Å². The van der Waals surface area contributed by atoms with E-state index in [1.54, 1.807) is 0 Å². The first-order valence-corrected chi connectivity index (χ1v) is 7.80. The number of carboxylic acids is 1. The zero-order chi connectivity index (χ0) is 14.9. The molecule has 4 heteroatoms. The Morgan fingerprint density at radius 3 is 2.00 bits per heavy atom. The Bertz CT molecular complexity index is 378. The number of aliphatic carboxylic acids is 1. The van der Waals surface area contributed by atoms with Crippen molar-refractivity contribution in [3.63, 3.8) is 0 Å². The molecule has 2 rings (SSSR count). The van der Waals surface area contributed by atoms with Gasteiger partial charge in [-0.1, -0.05) is 20.8 Å². The van der Waals surface area contributed by atoms with Crippen molar-refractivity contribution in [2.24, 2.45) is 23.2 Å². The van der Waals surface area contributed by atoms with Gasteiger partial charge in [-0.3, -0.25) is 9.59 Å². The first-order chi connectivity index (χ1) is 9.29. The summed E-state index contributed by atoms with van der Waals surface area (Å²) in [5.74, 6) is -0.229. The minimum absolute atomic E-state index is 0.0534. The zero-order valence-electron chi connectivity index (χ0n) is 12.9. The third-order valence-electron chi connectivity index (χ3n) is 5.16. The summed E-state index contributed by atoms with van der Waals surface area (Å²) >= 11 is 0. The molecule has 2 aliphatic rings. The lowest BCUT2D eigenvalue weighted by atomic mass is 9.75. The van der Waals surface area contributed by atoms with Crippen molar-refractivity contribution in [3.05, 3.63) is 0 Å². The number of amides is 1. The fourth-order valence-corrected chi connectivity index (χ4v) is 3.65. The minimum Gasteiger partial charge on any atom is -0.481 e. The molecule has 1 saturated carbocycles. The van der Waals surface area contributed by atoms with Crippen LogP contribution in [0.25, 0.3) is 0 Å². The largest absolute Gasteiger partial charge is 0.481 e. The molecule has 0 bridgehead atoms. The molecular weight excluding hydrogens is 254 g/mol. The van der Waals surface area contributed by atoms with E-state index in [1.807, 2.05) is 4.90 Å². The number of carbonyl (C=O) groups excluding carboxylic acids is 1. The molecule has 1 N–H and O–H groups in total. The van der Waals surface area contributed by atoms with Crippen LogP contribution in [0.15, 0.2) is 0 Å². The summed E-state index contributed by atoms with van der Waals surface area (Å²) in [6.07, 6.45) is 4.08. The van der Waals surface area contributed by atoms with Crippen LogP contribution in [0.4, 0.5) is 0 Å². The molecule has 0 unspecified atom stereocenters. The molecular formula is C16H27NO3. The lowest BCUT2D eigenvalue weighted by Gasteiger charge is -2.39. The number of hydrogen-bond donors (Lipinski definition) is 1. The summed E-state index contributed by atoms with van der Waals surface area (Å²) in [5, 5.41) is 9.02. The second-order valence-corrected chi connectivity index (χ2v) is 7.51. The van der Waals surface area contributed by atoms with E-state index in [0.29, 0.717) is 24.2 Å². The molecule has 2 fully saturated rings. The van der Waals surface area contributed by atoms with Crippen LogP contribution in [0.2, 0.25) is 0 Å². The third kappa shape index (κ3) is 3.33. The van der Waals surface area contributed by atoms with Crippen LogP contribution in [0, 0.1) is 23.2 Å². The topological polar surface area (TPSA) is 57.6 Å². The van der Waals surface area contributed by atoms with E-state index < -0.39 is 5.97 Å². The second-order valence-electron chi connectivity index (χ2n) is 7.51. The molecule has 1 aliphatic heterocycles. The van der Waals surface area contributed by atoms with Gasteiger partial charge in [0, 0.05) is 19.0 Å². The molecule has 20 heavy (non-hydrogen) atoms. The van der Waals surface area contributed by atoms with Gasteiger partial charge >= 0.3 is 5.97 Å². The molecule has 0 aromatic carbocycles. The first kappa shape index (κ1) is 15.3. The van der Waals surface area contributed by atoms with E-state index in [-0.39, 0.29) is 17.7 Å². The molecule has 0 spiro atoms. The van der Waals surface area contributed by atoms with Gasteiger partial charge in [-0.05, 0) is 43.4 Å². The number of nitrogens with zero attached hydrogens (tertiary/aromatic N) is 1.